The van der Waals surface area contributed by atoms with E-state index < -0.39 is 0 Å². The Balaban J connectivity index is 0.00000154. The summed E-state index contributed by atoms with van der Waals surface area (Å²) < 4.78 is 5.25. The number of benzene rings is 1. The molecule has 0 fully saturated rings. The molecule has 0 N–H and O–H groups in total. The molecule has 0 amide bonds. The van der Waals surface area contributed by atoms with Gasteiger partial charge in [0.05, 0.1) is 12.2 Å². The van der Waals surface area contributed by atoms with E-state index in [1.165, 1.54) is 6.92 Å². The summed E-state index contributed by atoms with van der Waals surface area (Å²) in [6.07, 6.45) is 1.73. The lowest BCUT2D eigenvalue weighted by Gasteiger charge is -2.08. The van der Waals surface area contributed by atoms with Gasteiger partial charge in [-0.25, -0.2) is 0 Å². The molecule has 104 valence electrons. The van der Waals surface area contributed by atoms with E-state index in [2.05, 4.69) is 6.58 Å². The molecule has 2 nitrogen and oxygen atoms in total. The van der Waals surface area contributed by atoms with E-state index in [0.717, 1.165) is 5.56 Å². The van der Waals surface area contributed by atoms with E-state index >= 15 is 0 Å². The molecule has 3 heteroatoms. The average molecular weight is 281 g/mol. The summed E-state index contributed by atoms with van der Waals surface area (Å²) in [7, 11) is 0. The second kappa shape index (κ2) is 9.40. The molecule has 0 heterocycles. The van der Waals surface area contributed by atoms with Gasteiger partial charge in [0.25, 0.3) is 0 Å². The van der Waals surface area contributed by atoms with Crippen molar-refractivity contribution >= 4 is 23.5 Å². The molecule has 0 radical (unpaired) electrons. The van der Waals surface area contributed by atoms with Crippen LogP contribution in [0.4, 0.5) is 0 Å². The number of carbonyl (C=O) groups excluding carboxylic acids is 1. The first-order valence-corrected chi connectivity index (χ1v) is 6.72. The molecule has 0 atom stereocenters. The van der Waals surface area contributed by atoms with Gasteiger partial charge < -0.3 is 4.74 Å². The van der Waals surface area contributed by atoms with Crippen LogP contribution in [0.15, 0.2) is 42.2 Å². The summed E-state index contributed by atoms with van der Waals surface area (Å²) in [5.41, 5.74) is 1.32. The Bertz CT molecular complexity index is 462. The van der Waals surface area contributed by atoms with Crippen molar-refractivity contribution in [2.45, 2.75) is 27.7 Å². The molecular formula is C16H21ClO2. The molecular weight excluding hydrogens is 260 g/mol. The van der Waals surface area contributed by atoms with E-state index in [1.807, 2.05) is 32.9 Å². The average Bonchev–Trinajstić information content (AvgIpc) is 2.38. The normalized spacial score (nSPS) is 10.3. The first-order valence-electron chi connectivity index (χ1n) is 6.35. The Morgan fingerprint density at radius 3 is 2.53 bits per heavy atom. The maximum absolute atomic E-state index is 11.5. The van der Waals surface area contributed by atoms with Gasteiger partial charge in [-0.3, -0.25) is 4.79 Å². The third-order valence-electron chi connectivity index (χ3n) is 2.16. The highest BCUT2D eigenvalue weighted by Crippen LogP contribution is 2.18. The van der Waals surface area contributed by atoms with Gasteiger partial charge in [0.2, 0.25) is 0 Å². The van der Waals surface area contributed by atoms with E-state index in [1.54, 1.807) is 18.2 Å². The minimum absolute atomic E-state index is 0.0802. The fourth-order valence-electron chi connectivity index (χ4n) is 1.39. The summed E-state index contributed by atoms with van der Waals surface area (Å²) in [5, 5.41) is 0.628. The highest BCUT2D eigenvalue weighted by atomic mass is 35.5. The number of allylic oxidation sites excluding steroid dienone is 1. The molecule has 0 aliphatic carbocycles. The zero-order valence-corrected chi connectivity index (χ0v) is 12.8. The van der Waals surface area contributed by atoms with E-state index in [9.17, 15) is 4.79 Å². The first kappa shape index (κ1) is 17.5. The highest BCUT2D eigenvalue weighted by Gasteiger charge is 2.09. The van der Waals surface area contributed by atoms with E-state index in [-0.39, 0.29) is 5.78 Å². The second-order valence-electron chi connectivity index (χ2n) is 3.53. The number of ketones is 1. The molecule has 1 aromatic carbocycles. The Hall–Kier alpha value is -1.54. The maximum atomic E-state index is 11.5. The Labute approximate surface area is 120 Å². The topological polar surface area (TPSA) is 26.3 Å². The van der Waals surface area contributed by atoms with Gasteiger partial charge in [0, 0.05) is 5.02 Å². The third-order valence-corrected chi connectivity index (χ3v) is 2.39. The Kier molecular flexibility index (Phi) is 8.64. The van der Waals surface area contributed by atoms with Crippen molar-refractivity contribution in [1.29, 1.82) is 0 Å². The smallest absolute Gasteiger partial charge is 0.163 e. The third kappa shape index (κ3) is 6.25. The molecule has 0 saturated heterocycles. The summed E-state index contributed by atoms with van der Waals surface area (Å²) >= 11 is 5.88. The molecule has 0 aliphatic heterocycles. The second-order valence-corrected chi connectivity index (χ2v) is 3.96. The van der Waals surface area contributed by atoms with Crippen LogP contribution in [-0.4, -0.2) is 12.4 Å². The molecule has 0 aliphatic rings. The molecule has 0 aromatic heterocycles. The zero-order valence-electron chi connectivity index (χ0n) is 12.0. The summed E-state index contributed by atoms with van der Waals surface area (Å²) in [6, 6.07) is 7.26. The fourth-order valence-corrected chi connectivity index (χ4v) is 1.59. The van der Waals surface area contributed by atoms with Crippen LogP contribution >= 0.6 is 11.6 Å². The van der Waals surface area contributed by atoms with Gasteiger partial charge in [0.15, 0.2) is 5.78 Å². The van der Waals surface area contributed by atoms with Crippen LogP contribution in [0.2, 0.25) is 5.02 Å². The number of hydrogen-bond acceptors (Lipinski definition) is 2. The predicted octanol–water partition coefficient (Wildman–Crippen LogP) is 4.89. The van der Waals surface area contributed by atoms with Crippen LogP contribution in [0, 0.1) is 0 Å². The zero-order chi connectivity index (χ0) is 14.8. The first-order chi connectivity index (χ1) is 9.04. The van der Waals surface area contributed by atoms with Crippen molar-refractivity contribution in [3.05, 3.63) is 52.8 Å². The molecule has 0 spiro atoms. The quantitative estimate of drug-likeness (QED) is 0.436. The number of hydrogen-bond donors (Lipinski definition) is 0. The summed E-state index contributed by atoms with van der Waals surface area (Å²) in [4.78, 5) is 11.5. The minimum Gasteiger partial charge on any atom is -0.494 e. The predicted molar refractivity (Wildman–Crippen MR) is 82.2 cm³/mol. The molecule has 0 saturated carbocycles. The van der Waals surface area contributed by atoms with E-state index in [0.29, 0.717) is 23.0 Å². The number of carbonyl (C=O) groups is 1. The van der Waals surface area contributed by atoms with Gasteiger partial charge in [-0.15, -0.1) is 0 Å². The van der Waals surface area contributed by atoms with Crippen molar-refractivity contribution < 1.29 is 9.53 Å². The monoisotopic (exact) mass is 280 g/mol. The number of Topliss-reactive ketones (excluding diaryl/α,β-unsaturated/α-hetero) is 1. The lowest BCUT2D eigenvalue weighted by molar-refractivity contribution is -0.113. The SMILES string of the molecule is C=C(OCC)/C(=C/c1cccc(Cl)c1)C(C)=O.CC. The van der Waals surface area contributed by atoms with Gasteiger partial charge in [-0.2, -0.15) is 0 Å². The number of rotatable bonds is 5. The van der Waals surface area contributed by atoms with E-state index in [4.69, 9.17) is 16.3 Å². The molecule has 19 heavy (non-hydrogen) atoms. The van der Waals surface area contributed by atoms with Crippen molar-refractivity contribution in [2.75, 3.05) is 6.61 Å². The van der Waals surface area contributed by atoms with Gasteiger partial charge in [-0.05, 0) is 37.6 Å². The molecule has 1 rings (SSSR count). The van der Waals surface area contributed by atoms with Crippen molar-refractivity contribution in [2.24, 2.45) is 0 Å². The minimum atomic E-state index is -0.0802. The summed E-state index contributed by atoms with van der Waals surface area (Å²) in [5.74, 6) is 0.309. The van der Waals surface area contributed by atoms with Crippen LogP contribution < -0.4 is 0 Å². The fraction of sp³-hybridized carbons (Fsp3) is 0.312. The van der Waals surface area contributed by atoms with Crippen molar-refractivity contribution in [1.82, 2.24) is 0 Å². The van der Waals surface area contributed by atoms with Crippen LogP contribution in [0.25, 0.3) is 6.08 Å². The van der Waals surface area contributed by atoms with Gasteiger partial charge in [-0.1, -0.05) is 44.2 Å². The molecule has 0 unspecified atom stereocenters. The standard InChI is InChI=1S/C14H15ClO2.C2H6/c1-4-17-11(3)14(10(2)16)9-12-6-5-7-13(15)8-12;1-2/h5-9H,3-4H2,1-2H3;1-2H3/b14-9+;. The van der Waals surface area contributed by atoms with Crippen LogP contribution in [0.5, 0.6) is 0 Å². The number of ether oxygens (including phenoxy) is 1. The Morgan fingerprint density at radius 2 is 2.05 bits per heavy atom. The summed E-state index contributed by atoms with van der Waals surface area (Å²) in [6.45, 7) is 11.6. The van der Waals surface area contributed by atoms with Crippen molar-refractivity contribution in [3.63, 3.8) is 0 Å². The lowest BCUT2D eigenvalue weighted by Crippen LogP contribution is -2.02. The van der Waals surface area contributed by atoms with Crippen LogP contribution in [0.1, 0.15) is 33.3 Å². The van der Waals surface area contributed by atoms with Crippen LogP contribution in [0.3, 0.4) is 0 Å². The largest absolute Gasteiger partial charge is 0.494 e. The van der Waals surface area contributed by atoms with Gasteiger partial charge in [0.1, 0.15) is 5.76 Å². The Morgan fingerprint density at radius 1 is 1.42 bits per heavy atom. The molecule has 0 bridgehead atoms. The maximum Gasteiger partial charge on any atom is 0.163 e. The number of halogens is 1. The van der Waals surface area contributed by atoms with Crippen molar-refractivity contribution in [3.8, 4) is 0 Å². The lowest BCUT2D eigenvalue weighted by atomic mass is 10.1. The highest BCUT2D eigenvalue weighted by molar-refractivity contribution is 6.30. The molecule has 1 aromatic rings. The van der Waals surface area contributed by atoms with Gasteiger partial charge >= 0.3 is 0 Å². The van der Waals surface area contributed by atoms with Crippen LogP contribution in [-0.2, 0) is 9.53 Å².